The zero-order chi connectivity index (χ0) is 27.3. The van der Waals surface area contributed by atoms with Gasteiger partial charge in [-0.25, -0.2) is 8.42 Å². The predicted octanol–water partition coefficient (Wildman–Crippen LogP) is 5.59. The second-order valence-corrected chi connectivity index (χ2v) is 12.6. The minimum atomic E-state index is -3.83. The van der Waals surface area contributed by atoms with Crippen LogP contribution in [0.25, 0.3) is 0 Å². The van der Waals surface area contributed by atoms with Crippen molar-refractivity contribution in [3.05, 3.63) is 62.6 Å². The molecule has 3 rings (SSSR count). The minimum Gasteiger partial charge on any atom is -0.352 e. The quantitative estimate of drug-likeness (QED) is 0.414. The van der Waals surface area contributed by atoms with E-state index in [1.807, 2.05) is 0 Å². The molecule has 1 N–H and O–H groups in total. The molecule has 2 amide bonds. The van der Waals surface area contributed by atoms with Gasteiger partial charge in [-0.2, -0.15) is 0 Å². The highest BCUT2D eigenvalue weighted by molar-refractivity contribution is 7.92. The maximum Gasteiger partial charge on any atom is 0.244 e. The summed E-state index contributed by atoms with van der Waals surface area (Å²) in [6.45, 7) is 2.93. The van der Waals surface area contributed by atoms with Crippen LogP contribution in [0.4, 0.5) is 5.69 Å². The van der Waals surface area contributed by atoms with Crippen molar-refractivity contribution in [2.45, 2.75) is 64.6 Å². The van der Waals surface area contributed by atoms with Gasteiger partial charge < -0.3 is 10.2 Å². The summed E-state index contributed by atoms with van der Waals surface area (Å²) in [6, 6.07) is 8.95. The van der Waals surface area contributed by atoms with E-state index in [-0.39, 0.29) is 18.5 Å². The SMILES string of the molecule is Cc1cc(Cl)ccc1N(CC(=O)N(Cc1ccc(Cl)c(Cl)c1)[C@@H](C)C(=O)NC1CCCCC1)S(C)(=O)=O. The first-order valence-electron chi connectivity index (χ1n) is 12.1. The fourth-order valence-corrected chi connectivity index (χ4v) is 5.93. The number of aryl methyl sites for hydroxylation is 1. The molecule has 1 saturated carbocycles. The third-order valence-corrected chi connectivity index (χ3v) is 8.66. The molecule has 202 valence electrons. The maximum absolute atomic E-state index is 13.7. The highest BCUT2D eigenvalue weighted by Crippen LogP contribution is 2.27. The molecule has 0 spiro atoms. The van der Waals surface area contributed by atoms with E-state index in [9.17, 15) is 18.0 Å². The van der Waals surface area contributed by atoms with Gasteiger partial charge in [0.05, 0.1) is 22.0 Å². The van der Waals surface area contributed by atoms with E-state index in [0.29, 0.717) is 31.9 Å². The number of benzene rings is 2. The normalized spacial score (nSPS) is 15.2. The van der Waals surface area contributed by atoms with Gasteiger partial charge in [-0.1, -0.05) is 60.1 Å². The summed E-state index contributed by atoms with van der Waals surface area (Å²) in [5.41, 5.74) is 1.60. The zero-order valence-corrected chi connectivity index (χ0v) is 24.2. The van der Waals surface area contributed by atoms with Crippen LogP contribution in [0.1, 0.15) is 50.2 Å². The zero-order valence-electron chi connectivity index (χ0n) is 21.1. The van der Waals surface area contributed by atoms with Crippen LogP contribution in [-0.2, 0) is 26.2 Å². The minimum absolute atomic E-state index is 0.0478. The Morgan fingerprint density at radius 1 is 1.03 bits per heavy atom. The smallest absolute Gasteiger partial charge is 0.244 e. The number of hydrogen-bond acceptors (Lipinski definition) is 4. The van der Waals surface area contributed by atoms with Crippen LogP contribution in [0.5, 0.6) is 0 Å². The van der Waals surface area contributed by atoms with Gasteiger partial charge in [0.25, 0.3) is 0 Å². The Hall–Kier alpha value is -2.00. The molecule has 0 saturated heterocycles. The highest BCUT2D eigenvalue weighted by Gasteiger charge is 2.31. The Morgan fingerprint density at radius 2 is 1.70 bits per heavy atom. The van der Waals surface area contributed by atoms with Crippen molar-refractivity contribution in [2.75, 3.05) is 17.1 Å². The van der Waals surface area contributed by atoms with Crippen molar-refractivity contribution in [1.29, 1.82) is 0 Å². The molecular formula is C26H32Cl3N3O4S. The summed E-state index contributed by atoms with van der Waals surface area (Å²) in [5.74, 6) is -0.814. The van der Waals surface area contributed by atoms with Gasteiger partial charge in [0, 0.05) is 17.6 Å². The van der Waals surface area contributed by atoms with Crippen molar-refractivity contribution >= 4 is 62.3 Å². The van der Waals surface area contributed by atoms with Crippen molar-refractivity contribution in [2.24, 2.45) is 0 Å². The average Bonchev–Trinajstić information content (AvgIpc) is 2.83. The van der Waals surface area contributed by atoms with Crippen molar-refractivity contribution in [1.82, 2.24) is 10.2 Å². The van der Waals surface area contributed by atoms with Crippen LogP contribution in [0, 0.1) is 6.92 Å². The average molecular weight is 589 g/mol. The number of hydrogen-bond donors (Lipinski definition) is 1. The van der Waals surface area contributed by atoms with E-state index in [0.717, 1.165) is 42.7 Å². The van der Waals surface area contributed by atoms with E-state index < -0.39 is 28.5 Å². The summed E-state index contributed by atoms with van der Waals surface area (Å²) in [5, 5.41) is 4.21. The Morgan fingerprint density at radius 3 is 2.30 bits per heavy atom. The number of anilines is 1. The number of amides is 2. The fourth-order valence-electron chi connectivity index (χ4n) is 4.48. The van der Waals surface area contributed by atoms with Crippen LogP contribution in [-0.4, -0.2) is 50.0 Å². The number of sulfonamides is 1. The lowest BCUT2D eigenvalue weighted by Crippen LogP contribution is -2.53. The number of carbonyl (C=O) groups is 2. The van der Waals surface area contributed by atoms with Crippen LogP contribution >= 0.6 is 34.8 Å². The maximum atomic E-state index is 13.7. The van der Waals surface area contributed by atoms with Crippen LogP contribution in [0.3, 0.4) is 0 Å². The Bertz CT molecular complexity index is 1250. The molecule has 7 nitrogen and oxygen atoms in total. The van der Waals surface area contributed by atoms with Crippen LogP contribution in [0.2, 0.25) is 15.1 Å². The van der Waals surface area contributed by atoms with E-state index in [2.05, 4.69) is 5.32 Å². The molecule has 0 aliphatic heterocycles. The number of halogens is 3. The van der Waals surface area contributed by atoms with Gasteiger partial charge >= 0.3 is 0 Å². The van der Waals surface area contributed by atoms with Crippen molar-refractivity contribution < 1.29 is 18.0 Å². The molecule has 2 aromatic rings. The predicted molar refractivity (Wildman–Crippen MR) is 150 cm³/mol. The first kappa shape index (κ1) is 29.6. The summed E-state index contributed by atoms with van der Waals surface area (Å²) in [6.07, 6.45) is 6.09. The molecule has 0 radical (unpaired) electrons. The summed E-state index contributed by atoms with van der Waals surface area (Å²) < 4.78 is 26.5. The largest absolute Gasteiger partial charge is 0.352 e. The van der Waals surface area contributed by atoms with Crippen LogP contribution in [0.15, 0.2) is 36.4 Å². The molecule has 0 aromatic heterocycles. The van der Waals surface area contributed by atoms with E-state index >= 15 is 0 Å². The second-order valence-electron chi connectivity index (χ2n) is 9.49. The molecule has 1 atom stereocenters. The Kier molecular flexibility index (Phi) is 10.1. The lowest BCUT2D eigenvalue weighted by atomic mass is 9.95. The Balaban J connectivity index is 1.91. The lowest BCUT2D eigenvalue weighted by molar-refractivity contribution is -0.139. The van der Waals surface area contributed by atoms with Crippen molar-refractivity contribution in [3.8, 4) is 0 Å². The number of carbonyl (C=O) groups excluding carboxylic acids is 2. The molecular weight excluding hydrogens is 557 g/mol. The molecule has 1 aliphatic carbocycles. The third kappa shape index (κ3) is 7.99. The van der Waals surface area contributed by atoms with E-state index in [1.54, 1.807) is 50.2 Å². The topological polar surface area (TPSA) is 86.8 Å². The summed E-state index contributed by atoms with van der Waals surface area (Å²) in [4.78, 5) is 28.3. The molecule has 1 aliphatic rings. The second kappa shape index (κ2) is 12.7. The van der Waals surface area contributed by atoms with Crippen molar-refractivity contribution in [3.63, 3.8) is 0 Å². The van der Waals surface area contributed by atoms with Gasteiger partial charge in [0.15, 0.2) is 0 Å². The van der Waals surface area contributed by atoms with Gasteiger partial charge in [0.2, 0.25) is 21.8 Å². The monoisotopic (exact) mass is 587 g/mol. The summed E-state index contributed by atoms with van der Waals surface area (Å²) >= 11 is 18.3. The first-order chi connectivity index (χ1) is 17.4. The van der Waals surface area contributed by atoms with Gasteiger partial charge in [-0.3, -0.25) is 13.9 Å². The fraction of sp³-hybridized carbons (Fsp3) is 0.462. The summed E-state index contributed by atoms with van der Waals surface area (Å²) in [7, 11) is -3.83. The van der Waals surface area contributed by atoms with Gasteiger partial charge in [-0.05, 0) is 68.1 Å². The van der Waals surface area contributed by atoms with E-state index in [4.69, 9.17) is 34.8 Å². The van der Waals surface area contributed by atoms with E-state index in [1.165, 1.54) is 4.90 Å². The molecule has 11 heteroatoms. The number of nitrogens with zero attached hydrogens (tertiary/aromatic N) is 2. The number of nitrogens with one attached hydrogen (secondary N) is 1. The van der Waals surface area contributed by atoms with Gasteiger partial charge in [0.1, 0.15) is 12.6 Å². The molecule has 0 heterocycles. The number of rotatable bonds is 9. The Labute approximate surface area is 234 Å². The van der Waals surface area contributed by atoms with Gasteiger partial charge in [-0.15, -0.1) is 0 Å². The molecule has 0 bridgehead atoms. The first-order valence-corrected chi connectivity index (χ1v) is 15.1. The highest BCUT2D eigenvalue weighted by atomic mass is 35.5. The molecule has 2 aromatic carbocycles. The molecule has 0 unspecified atom stereocenters. The molecule has 1 fully saturated rings. The lowest BCUT2D eigenvalue weighted by Gasteiger charge is -2.33. The third-order valence-electron chi connectivity index (χ3n) is 6.56. The van der Waals surface area contributed by atoms with Crippen LogP contribution < -0.4 is 9.62 Å². The standard InChI is InChI=1S/C26H32Cl3N3O4S/c1-17-13-20(27)10-12-24(17)32(37(3,35)36)16-25(33)31(15-19-9-11-22(28)23(29)14-19)18(2)26(34)30-21-7-5-4-6-8-21/h9-14,18,21H,4-8,15-16H2,1-3H3,(H,30,34)/t18-/m0/s1. The molecule has 37 heavy (non-hydrogen) atoms.